The van der Waals surface area contributed by atoms with Gasteiger partial charge in [0.1, 0.15) is 0 Å². The number of rotatable bonds is 4. The van der Waals surface area contributed by atoms with Crippen LogP contribution in [0.2, 0.25) is 0 Å². The summed E-state index contributed by atoms with van der Waals surface area (Å²) in [6.07, 6.45) is 4.39. The molecule has 2 nitrogen and oxygen atoms in total. The van der Waals surface area contributed by atoms with E-state index in [0.717, 1.165) is 0 Å². The second-order valence-corrected chi connectivity index (χ2v) is 10.5. The van der Waals surface area contributed by atoms with E-state index in [1.54, 1.807) is 0 Å². The van der Waals surface area contributed by atoms with Crippen LogP contribution in [0.3, 0.4) is 0 Å². The maximum absolute atomic E-state index is 3.71. The fourth-order valence-electron chi connectivity index (χ4n) is 4.49. The minimum absolute atomic E-state index is 0.0688. The fourth-order valence-corrected chi connectivity index (χ4v) is 4.49. The summed E-state index contributed by atoms with van der Waals surface area (Å²) in [5, 5.41) is 0. The lowest BCUT2D eigenvalue weighted by molar-refractivity contribution is 0.115. The van der Waals surface area contributed by atoms with E-state index in [4.69, 9.17) is 0 Å². The van der Waals surface area contributed by atoms with E-state index in [1.165, 1.54) is 22.3 Å². The first-order chi connectivity index (χ1) is 13.5. The van der Waals surface area contributed by atoms with Gasteiger partial charge in [-0.2, -0.15) is 0 Å². The predicted octanol–water partition coefficient (Wildman–Crippen LogP) is 7.26. The van der Waals surface area contributed by atoms with Crippen LogP contribution in [-0.2, 0) is 0 Å². The molecule has 2 radical (unpaired) electrons. The molecule has 0 saturated carbocycles. The molecular weight excluding hydrogens is 352 g/mol. The van der Waals surface area contributed by atoms with Crippen LogP contribution in [0, 0.1) is 31.3 Å². The average molecular weight is 389 g/mol. The van der Waals surface area contributed by atoms with Crippen LogP contribution in [0.5, 0.6) is 0 Å². The molecule has 2 atom stereocenters. The van der Waals surface area contributed by atoms with Crippen molar-refractivity contribution in [1.82, 2.24) is 9.80 Å². The molecular formula is C27H36N2. The van der Waals surface area contributed by atoms with Gasteiger partial charge in [0.15, 0.2) is 0 Å². The summed E-state index contributed by atoms with van der Waals surface area (Å²) < 4.78 is 0. The average Bonchev–Trinajstić information content (AvgIpc) is 3.05. The summed E-state index contributed by atoms with van der Waals surface area (Å²) in [7, 11) is 0. The number of aryl methyl sites for hydroxylation is 2. The Hall–Kier alpha value is -2.22. The van der Waals surface area contributed by atoms with E-state index < -0.39 is 0 Å². The topological polar surface area (TPSA) is 6.48 Å². The molecule has 0 unspecified atom stereocenters. The van der Waals surface area contributed by atoms with Crippen molar-refractivity contribution < 1.29 is 0 Å². The lowest BCUT2D eigenvalue weighted by Crippen LogP contribution is -2.37. The molecule has 2 aromatic carbocycles. The van der Waals surface area contributed by atoms with Crippen LogP contribution < -0.4 is 0 Å². The molecule has 2 heteroatoms. The number of nitrogens with zero attached hydrogens (tertiary/aromatic N) is 2. The zero-order valence-corrected chi connectivity index (χ0v) is 19.3. The van der Waals surface area contributed by atoms with Crippen LogP contribution in [0.25, 0.3) is 0 Å². The molecule has 3 rings (SSSR count). The minimum Gasteiger partial charge on any atom is -0.339 e. The number of benzene rings is 2. The van der Waals surface area contributed by atoms with Gasteiger partial charge in [0.2, 0.25) is 6.67 Å². The Bertz CT molecular complexity index is 795. The van der Waals surface area contributed by atoms with Crippen LogP contribution in [0.4, 0.5) is 0 Å². The Kier molecular flexibility index (Phi) is 5.85. The first-order valence-electron chi connectivity index (χ1n) is 10.6. The lowest BCUT2D eigenvalue weighted by atomic mass is 9.79. The van der Waals surface area contributed by atoms with Crippen molar-refractivity contribution >= 4 is 0 Å². The summed E-state index contributed by atoms with van der Waals surface area (Å²) in [5.41, 5.74) is 5.52. The van der Waals surface area contributed by atoms with Crippen LogP contribution >= 0.6 is 0 Å². The van der Waals surface area contributed by atoms with Crippen molar-refractivity contribution in [2.45, 2.75) is 67.5 Å². The highest BCUT2D eigenvalue weighted by Crippen LogP contribution is 2.46. The van der Waals surface area contributed by atoms with Crippen LogP contribution in [-0.4, -0.2) is 9.80 Å². The highest BCUT2D eigenvalue weighted by Gasteiger charge is 2.39. The van der Waals surface area contributed by atoms with Crippen molar-refractivity contribution in [2.24, 2.45) is 10.8 Å². The summed E-state index contributed by atoms with van der Waals surface area (Å²) in [5.74, 6) is 0. The second-order valence-electron chi connectivity index (χ2n) is 10.5. The van der Waals surface area contributed by atoms with Gasteiger partial charge in [-0.25, -0.2) is 0 Å². The van der Waals surface area contributed by atoms with Crippen molar-refractivity contribution in [3.8, 4) is 0 Å². The quantitative estimate of drug-likeness (QED) is 0.543. The smallest absolute Gasteiger partial charge is 0.209 e. The molecule has 0 fully saturated rings. The molecule has 0 bridgehead atoms. The molecule has 29 heavy (non-hydrogen) atoms. The highest BCUT2D eigenvalue weighted by molar-refractivity contribution is 5.33. The molecule has 0 amide bonds. The van der Waals surface area contributed by atoms with Gasteiger partial charge in [0.25, 0.3) is 0 Å². The Morgan fingerprint density at radius 3 is 1.28 bits per heavy atom. The fraction of sp³-hybridized carbons (Fsp3) is 0.444. The number of hydrogen-bond donors (Lipinski definition) is 0. The predicted molar refractivity (Wildman–Crippen MR) is 123 cm³/mol. The maximum atomic E-state index is 3.71. The van der Waals surface area contributed by atoms with Gasteiger partial charge in [0, 0.05) is 12.4 Å². The second kappa shape index (κ2) is 7.89. The van der Waals surface area contributed by atoms with Crippen LogP contribution in [0.1, 0.15) is 75.9 Å². The van der Waals surface area contributed by atoms with E-state index in [0.29, 0.717) is 0 Å². The first kappa shape index (κ1) is 21.5. The Labute approximate surface area is 178 Å². The molecule has 2 aromatic rings. The van der Waals surface area contributed by atoms with E-state index in [2.05, 4.69) is 133 Å². The molecule has 1 heterocycles. The first-order valence-corrected chi connectivity index (χ1v) is 10.6. The van der Waals surface area contributed by atoms with E-state index in [-0.39, 0.29) is 22.9 Å². The monoisotopic (exact) mass is 388 g/mol. The summed E-state index contributed by atoms with van der Waals surface area (Å²) >= 11 is 0. The lowest BCUT2D eigenvalue weighted by Gasteiger charge is -2.42. The third-order valence-electron chi connectivity index (χ3n) is 5.78. The van der Waals surface area contributed by atoms with Gasteiger partial charge in [-0.15, -0.1) is 0 Å². The van der Waals surface area contributed by atoms with Gasteiger partial charge in [-0.3, -0.25) is 0 Å². The molecule has 0 aliphatic carbocycles. The molecule has 1 aliphatic rings. The van der Waals surface area contributed by atoms with Crippen LogP contribution in [0.15, 0.2) is 60.9 Å². The van der Waals surface area contributed by atoms with Gasteiger partial charge >= 0.3 is 0 Å². The summed E-state index contributed by atoms with van der Waals surface area (Å²) in [6.45, 7) is 22.0. The van der Waals surface area contributed by atoms with Crippen molar-refractivity contribution in [3.63, 3.8) is 0 Å². The van der Waals surface area contributed by atoms with Gasteiger partial charge in [-0.05, 0) is 46.9 Å². The molecule has 0 aromatic heterocycles. The van der Waals surface area contributed by atoms with E-state index in [9.17, 15) is 0 Å². The molecule has 154 valence electrons. The highest BCUT2D eigenvalue weighted by atomic mass is 15.4. The van der Waals surface area contributed by atoms with E-state index >= 15 is 0 Å². The van der Waals surface area contributed by atoms with Gasteiger partial charge < -0.3 is 9.80 Å². The largest absolute Gasteiger partial charge is 0.339 e. The van der Waals surface area contributed by atoms with Crippen molar-refractivity contribution in [1.29, 1.82) is 0 Å². The third kappa shape index (κ3) is 4.52. The summed E-state index contributed by atoms with van der Waals surface area (Å²) in [6, 6.07) is 17.9. The van der Waals surface area contributed by atoms with Crippen molar-refractivity contribution in [2.75, 3.05) is 0 Å². The third-order valence-corrected chi connectivity index (χ3v) is 5.78. The maximum Gasteiger partial charge on any atom is 0.209 e. The standard InChI is InChI=1S/C27H36N2/c1-20-13-9-11-15-22(20)24(26(3,4)5)28-17-18-29(19-28)25(27(6,7)8)23-16-12-10-14-21(23)2/h9-18,24-25H,1-8H3/t24-,25-/m0/s1. The SMILES string of the molecule is Cc1ccccc1[C@H](N1[C]N([C@@H](c2ccccc2C)C(C)(C)C)C=C1)C(C)(C)C. The summed E-state index contributed by atoms with van der Waals surface area (Å²) in [4.78, 5) is 4.55. The molecule has 1 aliphatic heterocycles. The van der Waals surface area contributed by atoms with Gasteiger partial charge in [0.05, 0.1) is 12.1 Å². The zero-order valence-electron chi connectivity index (χ0n) is 19.3. The van der Waals surface area contributed by atoms with Gasteiger partial charge in [-0.1, -0.05) is 90.1 Å². The molecule has 0 N–H and O–H groups in total. The zero-order chi connectivity index (χ0) is 21.4. The number of hydrogen-bond acceptors (Lipinski definition) is 2. The van der Waals surface area contributed by atoms with E-state index in [1.807, 2.05) is 0 Å². The Morgan fingerprint density at radius 1 is 0.621 bits per heavy atom. The molecule has 0 spiro atoms. The normalized spacial score (nSPS) is 17.0. The Morgan fingerprint density at radius 2 is 0.966 bits per heavy atom. The molecule has 0 saturated heterocycles. The Balaban J connectivity index is 1.95. The van der Waals surface area contributed by atoms with Crippen molar-refractivity contribution in [3.05, 3.63) is 89.9 Å². The minimum atomic E-state index is 0.0688.